The monoisotopic (exact) mass is 488 g/mol. The number of ether oxygens (including phenoxy) is 3. The zero-order valence-electron chi connectivity index (χ0n) is 19.6. The van der Waals surface area contributed by atoms with E-state index >= 15 is 0 Å². The van der Waals surface area contributed by atoms with Gasteiger partial charge in [-0.3, -0.25) is 4.68 Å². The summed E-state index contributed by atoms with van der Waals surface area (Å²) in [6.45, 7) is 3.47. The average molecular weight is 489 g/mol. The van der Waals surface area contributed by atoms with Gasteiger partial charge in [0.25, 0.3) is 0 Å². The number of benzene rings is 2. The summed E-state index contributed by atoms with van der Waals surface area (Å²) in [5.74, 6) is 2.38. The molecule has 35 heavy (non-hydrogen) atoms. The minimum atomic E-state index is -0.0329. The Morgan fingerprint density at radius 3 is 2.80 bits per heavy atom. The first-order chi connectivity index (χ1) is 17.1. The molecule has 9 nitrogen and oxygen atoms in total. The molecule has 5 aromatic rings. The van der Waals surface area contributed by atoms with Crippen LogP contribution in [0.2, 0.25) is 0 Å². The number of aromatic nitrogens is 5. The SMILES string of the molecule is COc1cn(C)nc1-c1cc(O[C@@H](C)C2COC2)c2c(Nc3ccc4ncsc4c3)ncnc2c1. The number of nitrogens with one attached hydrogen (secondary N) is 1. The lowest BCUT2D eigenvalue weighted by atomic mass is 10.0. The Hall–Kier alpha value is -3.76. The fourth-order valence-electron chi connectivity index (χ4n) is 4.19. The lowest BCUT2D eigenvalue weighted by molar-refractivity contribution is -0.0773. The molecule has 0 amide bonds. The molecule has 178 valence electrons. The number of methoxy groups -OCH3 is 1. The molecule has 0 aliphatic carbocycles. The number of hydrogen-bond acceptors (Lipinski definition) is 9. The molecule has 0 unspecified atom stereocenters. The molecule has 0 spiro atoms. The fraction of sp³-hybridized carbons (Fsp3) is 0.280. The summed E-state index contributed by atoms with van der Waals surface area (Å²) in [6, 6.07) is 10.0. The van der Waals surface area contributed by atoms with Gasteiger partial charge in [0.2, 0.25) is 0 Å². The van der Waals surface area contributed by atoms with Gasteiger partial charge in [-0.15, -0.1) is 11.3 Å². The highest BCUT2D eigenvalue weighted by Gasteiger charge is 2.28. The van der Waals surface area contributed by atoms with E-state index in [4.69, 9.17) is 14.2 Å². The van der Waals surface area contributed by atoms with Crippen LogP contribution in [0.1, 0.15) is 6.92 Å². The van der Waals surface area contributed by atoms with Crippen molar-refractivity contribution in [3.05, 3.63) is 48.4 Å². The van der Waals surface area contributed by atoms with E-state index in [9.17, 15) is 0 Å². The zero-order valence-corrected chi connectivity index (χ0v) is 20.4. The number of hydrogen-bond donors (Lipinski definition) is 1. The number of rotatable bonds is 7. The van der Waals surface area contributed by atoms with E-state index < -0.39 is 0 Å². The summed E-state index contributed by atoms with van der Waals surface area (Å²) in [5, 5.41) is 8.88. The van der Waals surface area contributed by atoms with E-state index in [2.05, 4.69) is 38.4 Å². The van der Waals surface area contributed by atoms with Crippen LogP contribution in [0, 0.1) is 5.92 Å². The molecule has 1 atom stereocenters. The minimum absolute atomic E-state index is 0.0329. The molecule has 6 rings (SSSR count). The maximum Gasteiger partial charge on any atom is 0.164 e. The summed E-state index contributed by atoms with van der Waals surface area (Å²) in [4.78, 5) is 13.5. The Bertz CT molecular complexity index is 1530. The zero-order chi connectivity index (χ0) is 23.9. The van der Waals surface area contributed by atoms with Crippen LogP contribution in [0.3, 0.4) is 0 Å². The molecule has 10 heteroatoms. The van der Waals surface area contributed by atoms with Crippen molar-refractivity contribution >= 4 is 44.0 Å². The van der Waals surface area contributed by atoms with Gasteiger partial charge in [0.15, 0.2) is 5.75 Å². The van der Waals surface area contributed by atoms with Crippen molar-refractivity contribution in [3.8, 4) is 22.8 Å². The van der Waals surface area contributed by atoms with Gasteiger partial charge in [0.1, 0.15) is 29.7 Å². The summed E-state index contributed by atoms with van der Waals surface area (Å²) < 4.78 is 20.3. The van der Waals surface area contributed by atoms with Gasteiger partial charge >= 0.3 is 0 Å². The molecule has 0 radical (unpaired) electrons. The minimum Gasteiger partial charge on any atom is -0.493 e. The van der Waals surface area contributed by atoms with Crippen molar-refractivity contribution < 1.29 is 14.2 Å². The normalized spacial score (nSPS) is 14.7. The number of aryl methyl sites for hydroxylation is 1. The first-order valence-corrected chi connectivity index (χ1v) is 12.2. The number of thiazole rings is 1. The molecular formula is C25H24N6O3S. The van der Waals surface area contributed by atoms with E-state index in [1.807, 2.05) is 43.0 Å². The highest BCUT2D eigenvalue weighted by molar-refractivity contribution is 7.16. The lowest BCUT2D eigenvalue weighted by Crippen LogP contribution is -2.39. The maximum atomic E-state index is 6.53. The number of anilines is 2. The van der Waals surface area contributed by atoms with E-state index in [1.165, 1.54) is 0 Å². The summed E-state index contributed by atoms with van der Waals surface area (Å²) >= 11 is 1.60. The second kappa shape index (κ2) is 8.79. The second-order valence-corrected chi connectivity index (χ2v) is 9.48. The Morgan fingerprint density at radius 1 is 1.11 bits per heavy atom. The predicted molar refractivity (Wildman–Crippen MR) is 136 cm³/mol. The van der Waals surface area contributed by atoms with Gasteiger partial charge in [-0.25, -0.2) is 15.0 Å². The van der Waals surface area contributed by atoms with Gasteiger partial charge in [-0.1, -0.05) is 0 Å². The van der Waals surface area contributed by atoms with Crippen molar-refractivity contribution in [2.45, 2.75) is 13.0 Å². The highest BCUT2D eigenvalue weighted by Crippen LogP contribution is 2.39. The summed E-state index contributed by atoms with van der Waals surface area (Å²) in [5.41, 5.74) is 6.08. The smallest absolute Gasteiger partial charge is 0.164 e. The van der Waals surface area contributed by atoms with E-state index in [-0.39, 0.29) is 6.10 Å². The third kappa shape index (κ3) is 4.04. The summed E-state index contributed by atoms with van der Waals surface area (Å²) in [7, 11) is 3.51. The van der Waals surface area contributed by atoms with Gasteiger partial charge in [0, 0.05) is 24.2 Å². The van der Waals surface area contributed by atoms with Crippen LogP contribution in [0.4, 0.5) is 11.5 Å². The van der Waals surface area contributed by atoms with Crippen LogP contribution in [-0.4, -0.2) is 51.2 Å². The Labute approximate surface area is 205 Å². The van der Waals surface area contributed by atoms with E-state index in [1.54, 1.807) is 29.5 Å². The molecule has 3 aromatic heterocycles. The van der Waals surface area contributed by atoms with Gasteiger partial charge < -0.3 is 19.5 Å². The molecule has 0 saturated carbocycles. The third-order valence-electron chi connectivity index (χ3n) is 6.22. The maximum absolute atomic E-state index is 6.53. The van der Waals surface area contributed by atoms with Crippen molar-refractivity contribution in [1.82, 2.24) is 24.7 Å². The quantitative estimate of drug-likeness (QED) is 0.349. The Kier molecular flexibility index (Phi) is 5.46. The van der Waals surface area contributed by atoms with Crippen molar-refractivity contribution in [1.29, 1.82) is 0 Å². The van der Waals surface area contributed by atoms with Crippen molar-refractivity contribution in [2.75, 3.05) is 25.6 Å². The molecule has 1 fully saturated rings. The lowest BCUT2D eigenvalue weighted by Gasteiger charge is -2.32. The van der Waals surface area contributed by atoms with Crippen LogP contribution in [0.15, 0.2) is 48.4 Å². The Balaban J connectivity index is 1.47. The predicted octanol–water partition coefficient (Wildman–Crippen LogP) is 4.81. The van der Waals surface area contributed by atoms with Crippen molar-refractivity contribution in [3.63, 3.8) is 0 Å². The summed E-state index contributed by atoms with van der Waals surface area (Å²) in [6.07, 6.45) is 3.37. The fourth-order valence-corrected chi connectivity index (χ4v) is 4.90. The molecule has 4 heterocycles. The molecule has 1 saturated heterocycles. The first-order valence-electron chi connectivity index (χ1n) is 11.3. The molecule has 0 bridgehead atoms. The second-order valence-electron chi connectivity index (χ2n) is 8.59. The molecule has 1 aliphatic heterocycles. The molecule has 1 N–H and O–H groups in total. The Morgan fingerprint density at radius 2 is 2.00 bits per heavy atom. The van der Waals surface area contributed by atoms with E-state index in [0.29, 0.717) is 36.4 Å². The van der Waals surface area contributed by atoms with E-state index in [0.717, 1.165) is 38.1 Å². The first kappa shape index (κ1) is 21.8. The largest absolute Gasteiger partial charge is 0.493 e. The third-order valence-corrected chi connectivity index (χ3v) is 7.02. The molecule has 2 aromatic carbocycles. The number of nitrogens with zero attached hydrogens (tertiary/aromatic N) is 5. The van der Waals surface area contributed by atoms with Crippen LogP contribution in [0.5, 0.6) is 11.5 Å². The van der Waals surface area contributed by atoms with Crippen molar-refractivity contribution in [2.24, 2.45) is 13.0 Å². The highest BCUT2D eigenvalue weighted by atomic mass is 32.1. The van der Waals surface area contributed by atoms with Gasteiger partial charge in [0.05, 0.1) is 53.2 Å². The average Bonchev–Trinajstić information content (AvgIpc) is 3.43. The number of fused-ring (bicyclic) bond motifs is 2. The van der Waals surface area contributed by atoms with Crippen LogP contribution in [0.25, 0.3) is 32.4 Å². The van der Waals surface area contributed by atoms with Crippen LogP contribution < -0.4 is 14.8 Å². The van der Waals surface area contributed by atoms with Crippen LogP contribution >= 0.6 is 11.3 Å². The standard InChI is InChI=1S/C25H24N6O3S/c1-14(16-10-33-11-16)34-20-7-15(24-21(32-3)9-31(2)30-24)6-19-23(20)25(27-12-26-19)29-17-4-5-18-22(8-17)35-13-28-18/h4-9,12-14,16H,10-11H2,1-3H3,(H,26,27,29)/t14-/m0/s1. The molecular weight excluding hydrogens is 464 g/mol. The van der Waals surface area contributed by atoms with Gasteiger partial charge in [-0.2, -0.15) is 5.10 Å². The van der Waals surface area contributed by atoms with Crippen LogP contribution in [-0.2, 0) is 11.8 Å². The molecule has 1 aliphatic rings. The van der Waals surface area contributed by atoms with Gasteiger partial charge in [-0.05, 0) is 37.3 Å². The topological polar surface area (TPSA) is 96.2 Å².